The normalized spacial score (nSPS) is 15.5. The van der Waals surface area contributed by atoms with Crippen LogP contribution >= 0.6 is 0 Å². The Balaban J connectivity index is 2.29. The van der Waals surface area contributed by atoms with Gasteiger partial charge < -0.3 is 18.3 Å². The van der Waals surface area contributed by atoms with Crippen molar-refractivity contribution in [3.05, 3.63) is 23.8 Å². The van der Waals surface area contributed by atoms with Crippen LogP contribution in [0.25, 0.3) is 0 Å². The highest BCUT2D eigenvalue weighted by Gasteiger charge is 2.33. The minimum atomic E-state index is -1.98. The van der Waals surface area contributed by atoms with Crippen molar-refractivity contribution in [3.8, 4) is 11.5 Å². The highest BCUT2D eigenvalue weighted by Crippen LogP contribution is 2.36. The Labute approximate surface area is 133 Å². The molecule has 1 unspecified atom stereocenters. The van der Waals surface area contributed by atoms with E-state index in [1.165, 1.54) is 0 Å². The molecule has 2 rings (SSSR count). The van der Waals surface area contributed by atoms with Crippen LogP contribution in [0.2, 0.25) is 39.3 Å². The zero-order chi connectivity index (χ0) is 16.5. The molecule has 1 aliphatic heterocycles. The number of fused-ring (bicyclic) bond motifs is 1. The van der Waals surface area contributed by atoms with Crippen molar-refractivity contribution < 1.29 is 23.1 Å². The van der Waals surface area contributed by atoms with E-state index in [9.17, 15) is 4.79 Å². The van der Waals surface area contributed by atoms with Crippen LogP contribution in [0, 0.1) is 0 Å². The molecule has 0 bridgehead atoms. The van der Waals surface area contributed by atoms with Gasteiger partial charge in [-0.05, 0) is 57.0 Å². The van der Waals surface area contributed by atoms with Gasteiger partial charge in [0, 0.05) is 0 Å². The molecular weight excluding hydrogens is 316 g/mol. The quantitative estimate of drug-likeness (QED) is 0.765. The van der Waals surface area contributed by atoms with Gasteiger partial charge in [-0.25, -0.2) is 0 Å². The van der Waals surface area contributed by atoms with Crippen molar-refractivity contribution in [1.29, 1.82) is 0 Å². The van der Waals surface area contributed by atoms with Gasteiger partial charge in [0.25, 0.3) is 0 Å². The summed E-state index contributed by atoms with van der Waals surface area (Å²) in [5.41, 5.74) is 0.745. The van der Waals surface area contributed by atoms with Crippen molar-refractivity contribution >= 4 is 22.6 Å². The van der Waals surface area contributed by atoms with E-state index in [1.807, 2.05) is 25.7 Å². The van der Waals surface area contributed by atoms with Crippen LogP contribution in [0.1, 0.15) is 11.7 Å². The number of ether oxygens (including phenoxy) is 2. The molecule has 1 atom stereocenters. The highest BCUT2D eigenvalue weighted by atomic mass is 28.4. The molecule has 0 saturated heterocycles. The first kappa shape index (κ1) is 17.0. The van der Waals surface area contributed by atoms with E-state index in [4.69, 9.17) is 18.3 Å². The van der Waals surface area contributed by atoms with Crippen LogP contribution in [0.15, 0.2) is 18.2 Å². The van der Waals surface area contributed by atoms with E-state index in [-0.39, 0.29) is 12.8 Å². The average molecular weight is 341 g/mol. The molecule has 0 fully saturated rings. The number of carbonyl (C=O) groups excluding carboxylic acids is 1. The van der Waals surface area contributed by atoms with Crippen LogP contribution in [0.3, 0.4) is 0 Å². The molecule has 0 radical (unpaired) electrons. The first-order chi connectivity index (χ1) is 10.1. The Hall–Kier alpha value is -1.32. The summed E-state index contributed by atoms with van der Waals surface area (Å²) in [6.07, 6.45) is -0.715. The molecule has 1 aromatic rings. The fourth-order valence-electron chi connectivity index (χ4n) is 2.04. The summed E-state index contributed by atoms with van der Waals surface area (Å²) >= 11 is 0. The maximum Gasteiger partial charge on any atom is 0.325 e. The molecule has 0 aromatic heterocycles. The summed E-state index contributed by atoms with van der Waals surface area (Å²) in [6.45, 7) is 12.3. The molecular formula is C15H24O5Si2. The first-order valence-corrected chi connectivity index (χ1v) is 14.2. The third-order valence-electron chi connectivity index (χ3n) is 2.79. The van der Waals surface area contributed by atoms with Gasteiger partial charge in [0.05, 0.1) is 0 Å². The van der Waals surface area contributed by atoms with E-state index < -0.39 is 22.7 Å². The number of benzene rings is 1. The smallest absolute Gasteiger partial charge is 0.325 e. The Morgan fingerprint density at radius 3 is 2.27 bits per heavy atom. The molecule has 0 saturated carbocycles. The zero-order valence-electron chi connectivity index (χ0n) is 14.1. The van der Waals surface area contributed by atoms with Gasteiger partial charge in [0.1, 0.15) is 0 Å². The Kier molecular flexibility index (Phi) is 4.69. The summed E-state index contributed by atoms with van der Waals surface area (Å²) in [7, 11) is -3.91. The Morgan fingerprint density at radius 2 is 1.68 bits per heavy atom. The lowest BCUT2D eigenvalue weighted by Gasteiger charge is -2.28. The SMILES string of the molecule is C[Si](C)(C)OC(=O)C(O[Si](C)(C)C)c1ccc2c(c1)OCO2. The second kappa shape index (κ2) is 6.06. The maximum absolute atomic E-state index is 12.6. The molecule has 0 amide bonds. The molecule has 7 heteroatoms. The van der Waals surface area contributed by atoms with Gasteiger partial charge in [0.2, 0.25) is 15.1 Å². The van der Waals surface area contributed by atoms with Crippen LogP contribution in [-0.4, -0.2) is 29.4 Å². The molecule has 0 aliphatic carbocycles. The third kappa shape index (κ3) is 4.59. The van der Waals surface area contributed by atoms with Gasteiger partial charge in [-0.15, -0.1) is 0 Å². The standard InChI is InChI=1S/C15H24O5Si2/c1-21(2,3)19-14(15(16)20-22(4,5)6)11-7-8-12-13(9-11)18-10-17-12/h7-9,14H,10H2,1-6H3. The molecule has 22 heavy (non-hydrogen) atoms. The van der Waals surface area contributed by atoms with E-state index in [0.717, 1.165) is 5.56 Å². The number of hydrogen-bond acceptors (Lipinski definition) is 5. The van der Waals surface area contributed by atoms with Crippen molar-refractivity contribution in [2.75, 3.05) is 6.79 Å². The fraction of sp³-hybridized carbons (Fsp3) is 0.533. The van der Waals surface area contributed by atoms with E-state index in [0.29, 0.717) is 11.5 Å². The minimum absolute atomic E-state index is 0.206. The first-order valence-electron chi connectivity index (χ1n) is 7.35. The topological polar surface area (TPSA) is 54.0 Å². The third-order valence-corrected chi connectivity index (χ3v) is 4.55. The Morgan fingerprint density at radius 1 is 1.05 bits per heavy atom. The summed E-state index contributed by atoms with van der Waals surface area (Å²) in [5, 5.41) is 0. The van der Waals surface area contributed by atoms with Crippen LogP contribution in [0.5, 0.6) is 11.5 Å². The monoisotopic (exact) mass is 340 g/mol. The molecule has 0 N–H and O–H groups in total. The van der Waals surface area contributed by atoms with Crippen LogP contribution < -0.4 is 9.47 Å². The maximum atomic E-state index is 12.6. The molecule has 122 valence electrons. The lowest BCUT2D eigenvalue weighted by Crippen LogP contribution is -2.37. The lowest BCUT2D eigenvalue weighted by atomic mass is 10.1. The molecule has 5 nitrogen and oxygen atoms in total. The zero-order valence-corrected chi connectivity index (χ0v) is 16.1. The van der Waals surface area contributed by atoms with Gasteiger partial charge >= 0.3 is 5.97 Å². The predicted octanol–water partition coefficient (Wildman–Crippen LogP) is 3.69. The molecule has 0 spiro atoms. The number of rotatable bonds is 5. The van der Waals surface area contributed by atoms with E-state index >= 15 is 0 Å². The fourth-order valence-corrected chi connectivity index (χ4v) is 3.69. The molecule has 1 aromatic carbocycles. The van der Waals surface area contributed by atoms with Crippen LogP contribution in [0.4, 0.5) is 0 Å². The largest absolute Gasteiger partial charge is 0.518 e. The van der Waals surface area contributed by atoms with Crippen molar-refractivity contribution in [1.82, 2.24) is 0 Å². The average Bonchev–Trinajstić information content (AvgIpc) is 2.79. The lowest BCUT2D eigenvalue weighted by molar-refractivity contribution is -0.143. The van der Waals surface area contributed by atoms with Gasteiger partial charge in [-0.1, -0.05) is 6.07 Å². The minimum Gasteiger partial charge on any atom is -0.518 e. The summed E-state index contributed by atoms with van der Waals surface area (Å²) in [5.74, 6) is 1.01. The van der Waals surface area contributed by atoms with Crippen molar-refractivity contribution in [2.45, 2.75) is 45.4 Å². The van der Waals surface area contributed by atoms with Gasteiger partial charge in [0.15, 0.2) is 25.9 Å². The van der Waals surface area contributed by atoms with Gasteiger partial charge in [-0.2, -0.15) is 0 Å². The van der Waals surface area contributed by atoms with E-state index in [2.05, 4.69) is 19.6 Å². The van der Waals surface area contributed by atoms with Crippen molar-refractivity contribution in [2.24, 2.45) is 0 Å². The second-order valence-electron chi connectivity index (χ2n) is 7.26. The van der Waals surface area contributed by atoms with Crippen molar-refractivity contribution in [3.63, 3.8) is 0 Å². The predicted molar refractivity (Wildman–Crippen MR) is 89.2 cm³/mol. The molecule has 1 heterocycles. The van der Waals surface area contributed by atoms with Crippen LogP contribution in [-0.2, 0) is 13.6 Å². The summed E-state index contributed by atoms with van der Waals surface area (Å²) in [4.78, 5) is 12.6. The summed E-state index contributed by atoms with van der Waals surface area (Å²) in [6, 6.07) is 5.45. The molecule has 1 aliphatic rings. The number of hydrogen-bond donors (Lipinski definition) is 0. The number of carbonyl (C=O) groups is 1. The highest BCUT2D eigenvalue weighted by molar-refractivity contribution is 6.71. The van der Waals surface area contributed by atoms with E-state index in [1.54, 1.807) is 12.1 Å². The summed E-state index contributed by atoms with van der Waals surface area (Å²) < 4.78 is 22.4. The Bertz CT molecular complexity index is 560. The second-order valence-corrected chi connectivity index (χ2v) is 16.1. The van der Waals surface area contributed by atoms with Gasteiger partial charge in [-0.3, -0.25) is 4.79 Å².